The van der Waals surface area contributed by atoms with Crippen LogP contribution in [-0.2, 0) is 6.54 Å². The SMILES string of the molecule is Cc1nc(-c2ccccc2)sc1CNC(=O)NCC(C)(O)C(C)C. The lowest BCUT2D eigenvalue weighted by molar-refractivity contribution is 0.0166. The van der Waals surface area contributed by atoms with Crippen LogP contribution in [0.15, 0.2) is 30.3 Å². The number of amides is 2. The number of aromatic nitrogens is 1. The Morgan fingerprint density at radius 1 is 1.29 bits per heavy atom. The molecule has 0 saturated carbocycles. The van der Waals surface area contributed by atoms with Gasteiger partial charge < -0.3 is 15.7 Å². The molecule has 5 nitrogen and oxygen atoms in total. The summed E-state index contributed by atoms with van der Waals surface area (Å²) in [6.07, 6.45) is 0. The van der Waals surface area contributed by atoms with Gasteiger partial charge in [-0.3, -0.25) is 0 Å². The van der Waals surface area contributed by atoms with E-state index in [-0.39, 0.29) is 18.5 Å². The minimum Gasteiger partial charge on any atom is -0.388 e. The normalized spacial score (nSPS) is 13.6. The summed E-state index contributed by atoms with van der Waals surface area (Å²) in [6.45, 7) is 8.15. The van der Waals surface area contributed by atoms with Crippen LogP contribution in [-0.4, -0.2) is 28.3 Å². The number of rotatable bonds is 6. The number of carbonyl (C=O) groups excluding carboxylic acids is 1. The maximum absolute atomic E-state index is 11.9. The molecule has 130 valence electrons. The zero-order chi connectivity index (χ0) is 17.7. The van der Waals surface area contributed by atoms with Crippen LogP contribution >= 0.6 is 11.3 Å². The summed E-state index contributed by atoms with van der Waals surface area (Å²) in [5, 5.41) is 16.6. The summed E-state index contributed by atoms with van der Waals surface area (Å²) in [5.74, 6) is 0.0648. The lowest BCUT2D eigenvalue weighted by Gasteiger charge is -2.27. The molecule has 6 heteroatoms. The third kappa shape index (κ3) is 4.79. The second kappa shape index (κ2) is 7.77. The molecular formula is C18H25N3O2S. The quantitative estimate of drug-likeness (QED) is 0.750. The zero-order valence-corrected chi connectivity index (χ0v) is 15.4. The van der Waals surface area contributed by atoms with Gasteiger partial charge in [0.2, 0.25) is 0 Å². The standard InChI is InChI=1S/C18H25N3O2S/c1-12(2)18(4,23)11-20-17(22)19-10-15-13(3)21-16(24-15)14-8-6-5-7-9-14/h5-9,12,23H,10-11H2,1-4H3,(H2,19,20,22). The number of benzene rings is 1. The van der Waals surface area contributed by atoms with Crippen molar-refractivity contribution in [3.05, 3.63) is 40.9 Å². The number of thiazole rings is 1. The fourth-order valence-corrected chi connectivity index (χ4v) is 2.99. The summed E-state index contributed by atoms with van der Waals surface area (Å²) in [7, 11) is 0. The molecule has 2 aromatic rings. The Morgan fingerprint density at radius 2 is 1.96 bits per heavy atom. The molecule has 0 aliphatic rings. The topological polar surface area (TPSA) is 74.2 Å². The Balaban J connectivity index is 1.91. The van der Waals surface area contributed by atoms with Gasteiger partial charge in [0.1, 0.15) is 5.01 Å². The Labute approximate surface area is 147 Å². The van der Waals surface area contributed by atoms with Crippen LogP contribution in [0.25, 0.3) is 10.6 Å². The van der Waals surface area contributed by atoms with E-state index in [1.807, 2.05) is 51.1 Å². The molecular weight excluding hydrogens is 322 g/mol. The van der Waals surface area contributed by atoms with Crippen molar-refractivity contribution in [1.29, 1.82) is 0 Å². The first-order chi connectivity index (χ1) is 11.3. The monoisotopic (exact) mass is 347 g/mol. The summed E-state index contributed by atoms with van der Waals surface area (Å²) in [6, 6.07) is 9.70. The first-order valence-corrected chi connectivity index (χ1v) is 8.87. The fraction of sp³-hybridized carbons (Fsp3) is 0.444. The molecule has 2 rings (SSSR count). The third-order valence-corrected chi connectivity index (χ3v) is 5.38. The highest BCUT2D eigenvalue weighted by Gasteiger charge is 2.25. The second-order valence-corrected chi connectivity index (χ2v) is 7.53. The first-order valence-electron chi connectivity index (χ1n) is 8.05. The summed E-state index contributed by atoms with van der Waals surface area (Å²) in [4.78, 5) is 17.5. The van der Waals surface area contributed by atoms with Gasteiger partial charge in [0.15, 0.2) is 0 Å². The van der Waals surface area contributed by atoms with Gasteiger partial charge in [-0.2, -0.15) is 0 Å². The summed E-state index contributed by atoms with van der Waals surface area (Å²) >= 11 is 1.58. The molecule has 1 atom stereocenters. The molecule has 1 unspecified atom stereocenters. The number of nitrogens with zero attached hydrogens (tertiary/aromatic N) is 1. The zero-order valence-electron chi connectivity index (χ0n) is 14.6. The van der Waals surface area contributed by atoms with Gasteiger partial charge in [0.05, 0.1) is 17.8 Å². The molecule has 3 N–H and O–H groups in total. The highest BCUT2D eigenvalue weighted by atomic mass is 32.1. The Bertz CT molecular complexity index is 681. The maximum atomic E-state index is 11.9. The predicted molar refractivity (Wildman–Crippen MR) is 98.0 cm³/mol. The van der Waals surface area contributed by atoms with Gasteiger partial charge in [0, 0.05) is 17.0 Å². The van der Waals surface area contributed by atoms with Crippen molar-refractivity contribution in [2.24, 2.45) is 5.92 Å². The van der Waals surface area contributed by atoms with E-state index in [0.29, 0.717) is 6.54 Å². The molecule has 0 aliphatic carbocycles. The van der Waals surface area contributed by atoms with Crippen LogP contribution in [0.3, 0.4) is 0 Å². The molecule has 1 aromatic carbocycles. The molecule has 0 aliphatic heterocycles. The van der Waals surface area contributed by atoms with E-state index in [9.17, 15) is 9.90 Å². The van der Waals surface area contributed by atoms with Crippen LogP contribution in [0, 0.1) is 12.8 Å². The van der Waals surface area contributed by atoms with E-state index < -0.39 is 5.60 Å². The largest absolute Gasteiger partial charge is 0.388 e. The number of aryl methyl sites for hydroxylation is 1. The van der Waals surface area contributed by atoms with E-state index >= 15 is 0 Å². The Morgan fingerprint density at radius 3 is 2.58 bits per heavy atom. The average Bonchev–Trinajstić information content (AvgIpc) is 2.93. The number of urea groups is 1. The molecule has 1 aromatic heterocycles. The minimum absolute atomic E-state index is 0.0648. The van der Waals surface area contributed by atoms with Crippen LogP contribution in [0.2, 0.25) is 0 Å². The van der Waals surface area contributed by atoms with Gasteiger partial charge in [-0.1, -0.05) is 44.2 Å². The highest BCUT2D eigenvalue weighted by molar-refractivity contribution is 7.15. The third-order valence-electron chi connectivity index (χ3n) is 4.17. The first kappa shape index (κ1) is 18.4. The lowest BCUT2D eigenvalue weighted by Crippen LogP contribution is -2.47. The van der Waals surface area contributed by atoms with Gasteiger partial charge in [0.25, 0.3) is 0 Å². The van der Waals surface area contributed by atoms with Crippen molar-refractivity contribution >= 4 is 17.4 Å². The fourth-order valence-electron chi connectivity index (χ4n) is 1.98. The van der Waals surface area contributed by atoms with Crippen molar-refractivity contribution in [2.75, 3.05) is 6.54 Å². The molecule has 0 saturated heterocycles. The molecule has 0 fully saturated rings. The van der Waals surface area contributed by atoms with Gasteiger partial charge >= 0.3 is 6.03 Å². The van der Waals surface area contributed by atoms with Crippen molar-refractivity contribution in [3.63, 3.8) is 0 Å². The number of carbonyl (C=O) groups is 1. The number of nitrogens with one attached hydrogen (secondary N) is 2. The Hall–Kier alpha value is -1.92. The van der Waals surface area contributed by atoms with E-state index in [0.717, 1.165) is 21.1 Å². The van der Waals surface area contributed by atoms with E-state index in [2.05, 4.69) is 15.6 Å². The predicted octanol–water partition coefficient (Wildman–Crippen LogP) is 3.32. The smallest absolute Gasteiger partial charge is 0.315 e. The van der Waals surface area contributed by atoms with Crippen molar-refractivity contribution in [2.45, 2.75) is 39.8 Å². The molecule has 0 radical (unpaired) electrons. The van der Waals surface area contributed by atoms with Gasteiger partial charge in [-0.25, -0.2) is 9.78 Å². The highest BCUT2D eigenvalue weighted by Crippen LogP contribution is 2.27. The van der Waals surface area contributed by atoms with Crippen LogP contribution in [0.1, 0.15) is 31.3 Å². The van der Waals surface area contributed by atoms with Gasteiger partial charge in [-0.05, 0) is 19.8 Å². The lowest BCUT2D eigenvalue weighted by atomic mass is 9.93. The van der Waals surface area contributed by atoms with Crippen LogP contribution in [0.4, 0.5) is 4.79 Å². The maximum Gasteiger partial charge on any atom is 0.315 e. The number of hydrogen-bond acceptors (Lipinski definition) is 4. The van der Waals surface area contributed by atoms with Crippen molar-refractivity contribution in [3.8, 4) is 10.6 Å². The van der Waals surface area contributed by atoms with E-state index in [1.165, 1.54) is 0 Å². The molecule has 0 spiro atoms. The molecule has 2 amide bonds. The Kier molecular flexibility index (Phi) is 5.96. The van der Waals surface area contributed by atoms with Crippen LogP contribution in [0.5, 0.6) is 0 Å². The average molecular weight is 347 g/mol. The molecule has 24 heavy (non-hydrogen) atoms. The van der Waals surface area contributed by atoms with Gasteiger partial charge in [-0.15, -0.1) is 11.3 Å². The summed E-state index contributed by atoms with van der Waals surface area (Å²) < 4.78 is 0. The van der Waals surface area contributed by atoms with E-state index in [4.69, 9.17) is 0 Å². The summed E-state index contributed by atoms with van der Waals surface area (Å²) in [5.41, 5.74) is 1.08. The van der Waals surface area contributed by atoms with Crippen LogP contribution < -0.4 is 10.6 Å². The van der Waals surface area contributed by atoms with Crippen molar-refractivity contribution in [1.82, 2.24) is 15.6 Å². The second-order valence-electron chi connectivity index (χ2n) is 6.44. The molecule has 0 bridgehead atoms. The minimum atomic E-state index is -0.918. The van der Waals surface area contributed by atoms with E-state index in [1.54, 1.807) is 18.3 Å². The van der Waals surface area contributed by atoms with Crippen molar-refractivity contribution < 1.29 is 9.90 Å². The number of hydrogen-bond donors (Lipinski definition) is 3. The number of aliphatic hydroxyl groups is 1. The molecule has 1 heterocycles.